The summed E-state index contributed by atoms with van der Waals surface area (Å²) >= 11 is 13.5. The zero-order valence-electron chi connectivity index (χ0n) is 11.1. The molecule has 0 radical (unpaired) electrons. The first kappa shape index (κ1) is 15.0. The zero-order valence-corrected chi connectivity index (χ0v) is 13.4. The molecule has 3 rings (SSSR count). The molecule has 0 saturated heterocycles. The third kappa shape index (κ3) is 3.11. The Morgan fingerprint density at radius 3 is 2.91 bits per heavy atom. The number of nitrogens with zero attached hydrogens (tertiary/aromatic N) is 2. The third-order valence-electron chi connectivity index (χ3n) is 2.85. The van der Waals surface area contributed by atoms with E-state index in [0.29, 0.717) is 20.6 Å². The van der Waals surface area contributed by atoms with E-state index >= 15 is 0 Å². The van der Waals surface area contributed by atoms with Crippen LogP contribution in [0.4, 0.5) is 0 Å². The summed E-state index contributed by atoms with van der Waals surface area (Å²) in [6.07, 6.45) is 3.12. The van der Waals surface area contributed by atoms with Gasteiger partial charge in [-0.15, -0.1) is 11.3 Å². The number of pyridine rings is 1. The second kappa shape index (κ2) is 6.44. The Balaban J connectivity index is 1.80. The maximum atomic E-state index is 12.2. The number of hydrogen-bond donors (Lipinski definition) is 1. The van der Waals surface area contributed by atoms with Gasteiger partial charge in [-0.2, -0.15) is 5.10 Å². The van der Waals surface area contributed by atoms with Crippen molar-refractivity contribution < 1.29 is 4.79 Å². The Kier molecular flexibility index (Phi) is 4.38. The smallest absolute Gasteiger partial charge is 0.266 e. The van der Waals surface area contributed by atoms with E-state index in [0.717, 1.165) is 10.1 Å². The number of hydrogen-bond acceptors (Lipinski definition) is 4. The number of benzene rings is 1. The van der Waals surface area contributed by atoms with Gasteiger partial charge in [0, 0.05) is 21.3 Å². The SMILES string of the molecule is O=C(N/N=C\c1ccccn1)c1sc2cc(Cl)ccc2c1Cl. The second-order valence-electron chi connectivity index (χ2n) is 4.34. The molecule has 1 amide bonds. The molecule has 2 heterocycles. The van der Waals surface area contributed by atoms with E-state index in [2.05, 4.69) is 15.5 Å². The molecule has 0 saturated carbocycles. The summed E-state index contributed by atoms with van der Waals surface area (Å²) < 4.78 is 0.858. The molecule has 3 aromatic rings. The predicted molar refractivity (Wildman–Crippen MR) is 91.1 cm³/mol. The molecule has 0 atom stereocenters. The first-order chi connectivity index (χ1) is 10.6. The molecule has 22 heavy (non-hydrogen) atoms. The third-order valence-corrected chi connectivity index (χ3v) is 4.74. The van der Waals surface area contributed by atoms with Crippen LogP contribution in [0, 0.1) is 0 Å². The molecule has 0 fully saturated rings. The monoisotopic (exact) mass is 349 g/mol. The lowest BCUT2D eigenvalue weighted by molar-refractivity contribution is 0.0959. The fraction of sp³-hybridized carbons (Fsp3) is 0. The van der Waals surface area contributed by atoms with E-state index in [1.54, 1.807) is 36.5 Å². The minimum atomic E-state index is -0.366. The Hall–Kier alpha value is -1.95. The van der Waals surface area contributed by atoms with Crippen molar-refractivity contribution in [2.24, 2.45) is 5.10 Å². The molecule has 0 aliphatic carbocycles. The van der Waals surface area contributed by atoms with Crippen LogP contribution in [-0.4, -0.2) is 17.1 Å². The van der Waals surface area contributed by atoms with Gasteiger partial charge in [-0.3, -0.25) is 9.78 Å². The summed E-state index contributed by atoms with van der Waals surface area (Å²) in [4.78, 5) is 16.6. The molecule has 1 N–H and O–H groups in total. The molecule has 0 aliphatic heterocycles. The summed E-state index contributed by atoms with van der Waals surface area (Å²) in [5, 5.41) is 5.69. The van der Waals surface area contributed by atoms with Crippen molar-refractivity contribution in [3.8, 4) is 0 Å². The van der Waals surface area contributed by atoms with Crippen molar-refractivity contribution in [3.63, 3.8) is 0 Å². The van der Waals surface area contributed by atoms with Crippen LogP contribution in [0.15, 0.2) is 47.7 Å². The van der Waals surface area contributed by atoms with Crippen LogP contribution in [0.5, 0.6) is 0 Å². The summed E-state index contributed by atoms with van der Waals surface area (Å²) in [6, 6.07) is 10.7. The lowest BCUT2D eigenvalue weighted by atomic mass is 10.2. The van der Waals surface area contributed by atoms with Gasteiger partial charge in [-0.1, -0.05) is 35.3 Å². The predicted octanol–water partition coefficient (Wildman–Crippen LogP) is 4.37. The van der Waals surface area contributed by atoms with Crippen molar-refractivity contribution in [2.75, 3.05) is 0 Å². The number of amides is 1. The quantitative estimate of drug-likeness (QED) is 0.563. The second-order valence-corrected chi connectivity index (χ2v) is 6.21. The topological polar surface area (TPSA) is 54.4 Å². The van der Waals surface area contributed by atoms with E-state index < -0.39 is 0 Å². The van der Waals surface area contributed by atoms with Crippen LogP contribution >= 0.6 is 34.5 Å². The van der Waals surface area contributed by atoms with Crippen LogP contribution in [0.2, 0.25) is 10.0 Å². The number of fused-ring (bicyclic) bond motifs is 1. The summed E-state index contributed by atoms with van der Waals surface area (Å²) in [7, 11) is 0. The summed E-state index contributed by atoms with van der Waals surface area (Å²) in [5.74, 6) is -0.366. The van der Waals surface area contributed by atoms with E-state index in [9.17, 15) is 4.79 Å². The summed E-state index contributed by atoms with van der Waals surface area (Å²) in [5.41, 5.74) is 3.10. The first-order valence-electron chi connectivity index (χ1n) is 6.27. The molecule has 0 aliphatic rings. The maximum Gasteiger partial charge on any atom is 0.283 e. The van der Waals surface area contributed by atoms with Gasteiger partial charge >= 0.3 is 0 Å². The molecule has 110 valence electrons. The Morgan fingerprint density at radius 2 is 2.14 bits per heavy atom. The minimum absolute atomic E-state index is 0.366. The number of halogens is 2. The fourth-order valence-electron chi connectivity index (χ4n) is 1.85. The van der Waals surface area contributed by atoms with Crippen molar-refractivity contribution >= 4 is 56.7 Å². The summed E-state index contributed by atoms with van der Waals surface area (Å²) in [6.45, 7) is 0. The molecule has 0 unspecified atom stereocenters. The molecule has 0 spiro atoms. The number of carbonyl (C=O) groups is 1. The van der Waals surface area contributed by atoms with E-state index in [1.165, 1.54) is 17.6 Å². The van der Waals surface area contributed by atoms with E-state index in [1.807, 2.05) is 6.07 Å². The van der Waals surface area contributed by atoms with Gasteiger partial charge in [-0.25, -0.2) is 5.43 Å². The van der Waals surface area contributed by atoms with E-state index in [4.69, 9.17) is 23.2 Å². The number of nitrogens with one attached hydrogen (secondary N) is 1. The fourth-order valence-corrected chi connectivity index (χ4v) is 3.53. The Bertz CT molecular complexity index is 862. The molecule has 1 aromatic carbocycles. The molecule has 0 bridgehead atoms. The largest absolute Gasteiger partial charge is 0.283 e. The van der Waals surface area contributed by atoms with Crippen molar-refractivity contribution in [1.29, 1.82) is 0 Å². The van der Waals surface area contributed by atoms with Crippen LogP contribution < -0.4 is 5.43 Å². The maximum absolute atomic E-state index is 12.2. The number of hydrazone groups is 1. The highest BCUT2D eigenvalue weighted by molar-refractivity contribution is 7.21. The standard InChI is InChI=1S/C15H9Cl2N3OS/c16-9-4-5-11-12(7-9)22-14(13(11)17)15(21)20-19-8-10-3-1-2-6-18-10/h1-8H,(H,20,21)/b19-8-. The van der Waals surface area contributed by atoms with Crippen molar-refractivity contribution in [3.05, 3.63) is 63.2 Å². The van der Waals surface area contributed by atoms with Gasteiger partial charge in [-0.05, 0) is 24.3 Å². The van der Waals surface area contributed by atoms with E-state index in [-0.39, 0.29) is 5.91 Å². The number of aromatic nitrogens is 1. The highest BCUT2D eigenvalue weighted by Gasteiger charge is 2.16. The van der Waals surface area contributed by atoms with Gasteiger partial charge in [0.15, 0.2) is 0 Å². The average Bonchev–Trinajstić information content (AvgIpc) is 2.84. The van der Waals surface area contributed by atoms with Gasteiger partial charge in [0.25, 0.3) is 5.91 Å². The lowest BCUT2D eigenvalue weighted by Crippen LogP contribution is -2.16. The van der Waals surface area contributed by atoms with Gasteiger partial charge < -0.3 is 0 Å². The minimum Gasteiger partial charge on any atom is -0.266 e. The Morgan fingerprint density at radius 1 is 1.27 bits per heavy atom. The van der Waals surface area contributed by atoms with Gasteiger partial charge in [0.05, 0.1) is 16.9 Å². The van der Waals surface area contributed by atoms with Crippen LogP contribution in [0.25, 0.3) is 10.1 Å². The zero-order chi connectivity index (χ0) is 15.5. The molecule has 4 nitrogen and oxygen atoms in total. The Labute approximate surface area is 140 Å². The molecular weight excluding hydrogens is 341 g/mol. The van der Waals surface area contributed by atoms with Crippen LogP contribution in [-0.2, 0) is 0 Å². The molecule has 7 heteroatoms. The van der Waals surface area contributed by atoms with Crippen molar-refractivity contribution in [2.45, 2.75) is 0 Å². The highest BCUT2D eigenvalue weighted by Crippen LogP contribution is 2.36. The van der Waals surface area contributed by atoms with Gasteiger partial charge in [0.1, 0.15) is 4.88 Å². The van der Waals surface area contributed by atoms with Crippen LogP contribution in [0.1, 0.15) is 15.4 Å². The van der Waals surface area contributed by atoms with Gasteiger partial charge in [0.2, 0.25) is 0 Å². The molecule has 2 aromatic heterocycles. The van der Waals surface area contributed by atoms with Crippen LogP contribution in [0.3, 0.4) is 0 Å². The number of thiophene rings is 1. The number of carbonyl (C=O) groups excluding carboxylic acids is 1. The first-order valence-corrected chi connectivity index (χ1v) is 7.84. The highest BCUT2D eigenvalue weighted by atomic mass is 35.5. The number of rotatable bonds is 3. The average molecular weight is 350 g/mol. The normalized spacial score (nSPS) is 11.2. The lowest BCUT2D eigenvalue weighted by Gasteiger charge is -1.97. The molecular formula is C15H9Cl2N3OS. The van der Waals surface area contributed by atoms with Crippen molar-refractivity contribution in [1.82, 2.24) is 10.4 Å².